The molecule has 98 valence electrons. The second kappa shape index (κ2) is 6.06. The molecule has 0 amide bonds. The van der Waals surface area contributed by atoms with E-state index in [4.69, 9.17) is 0 Å². The summed E-state index contributed by atoms with van der Waals surface area (Å²) in [7, 11) is 2.09. The highest BCUT2D eigenvalue weighted by molar-refractivity contribution is 5.85. The highest BCUT2D eigenvalue weighted by Gasteiger charge is 2.39. The van der Waals surface area contributed by atoms with Gasteiger partial charge in [0.2, 0.25) is 0 Å². The van der Waals surface area contributed by atoms with Gasteiger partial charge in [0.05, 0.1) is 0 Å². The van der Waals surface area contributed by atoms with Crippen molar-refractivity contribution in [1.82, 2.24) is 5.32 Å². The Labute approximate surface area is 112 Å². The summed E-state index contributed by atoms with van der Waals surface area (Å²) in [5.41, 5.74) is 2.21. The van der Waals surface area contributed by atoms with Gasteiger partial charge in [-0.2, -0.15) is 0 Å². The predicted octanol–water partition coefficient (Wildman–Crippen LogP) is 3.96. The summed E-state index contributed by atoms with van der Waals surface area (Å²) in [4.78, 5) is 0. The van der Waals surface area contributed by atoms with Gasteiger partial charge in [0.1, 0.15) is 0 Å². The average molecular weight is 256 g/mol. The molecular formula is C15H26ClN. The minimum atomic E-state index is 0. The van der Waals surface area contributed by atoms with E-state index in [-0.39, 0.29) is 12.4 Å². The molecule has 0 spiro atoms. The van der Waals surface area contributed by atoms with Crippen molar-refractivity contribution in [3.05, 3.63) is 23.8 Å². The van der Waals surface area contributed by atoms with Crippen LogP contribution in [0.25, 0.3) is 0 Å². The first kappa shape index (κ1) is 14.8. The van der Waals surface area contributed by atoms with Crippen molar-refractivity contribution in [2.75, 3.05) is 13.6 Å². The Balaban J connectivity index is 0.00000144. The molecule has 0 aromatic carbocycles. The quantitative estimate of drug-likeness (QED) is 0.805. The average Bonchev–Trinajstić information content (AvgIpc) is 2.29. The van der Waals surface area contributed by atoms with E-state index >= 15 is 0 Å². The van der Waals surface area contributed by atoms with Crippen molar-refractivity contribution in [2.45, 2.75) is 39.5 Å². The molecule has 0 bridgehead atoms. The summed E-state index contributed by atoms with van der Waals surface area (Å²) in [6.07, 6.45) is 12.3. The van der Waals surface area contributed by atoms with Crippen LogP contribution in [0, 0.1) is 17.3 Å². The first-order valence-corrected chi connectivity index (χ1v) is 6.68. The maximum Gasteiger partial charge on any atom is 0.00103 e. The molecule has 0 saturated heterocycles. The van der Waals surface area contributed by atoms with Gasteiger partial charge in [-0.3, -0.25) is 0 Å². The molecular weight excluding hydrogens is 230 g/mol. The van der Waals surface area contributed by atoms with Crippen molar-refractivity contribution in [3.63, 3.8) is 0 Å². The molecule has 2 rings (SSSR count). The standard InChI is InChI=1S/C15H25N.ClH/c1-12(2)15(11-16-3)9-8-13-6-4-5-7-14(13)10-15;/h4-5,7,12-13,16H,6,8-11H2,1-3H3;1H. The second-order valence-corrected chi connectivity index (χ2v) is 5.87. The maximum atomic E-state index is 3.41. The van der Waals surface area contributed by atoms with Gasteiger partial charge in [0.15, 0.2) is 0 Å². The van der Waals surface area contributed by atoms with Crippen LogP contribution in [0.15, 0.2) is 23.8 Å². The fourth-order valence-electron chi connectivity index (χ4n) is 3.38. The molecule has 1 N–H and O–H groups in total. The van der Waals surface area contributed by atoms with Gasteiger partial charge in [-0.15, -0.1) is 12.4 Å². The van der Waals surface area contributed by atoms with Gasteiger partial charge in [-0.1, -0.05) is 37.6 Å². The van der Waals surface area contributed by atoms with E-state index in [1.165, 1.54) is 32.2 Å². The molecule has 17 heavy (non-hydrogen) atoms. The summed E-state index contributed by atoms with van der Waals surface area (Å²) in [5, 5.41) is 3.41. The fourth-order valence-corrected chi connectivity index (χ4v) is 3.38. The highest BCUT2D eigenvalue weighted by Crippen LogP contribution is 2.48. The molecule has 2 unspecified atom stereocenters. The largest absolute Gasteiger partial charge is 0.319 e. The summed E-state index contributed by atoms with van der Waals surface area (Å²) < 4.78 is 0. The van der Waals surface area contributed by atoms with E-state index in [1.807, 2.05) is 0 Å². The van der Waals surface area contributed by atoms with Crippen molar-refractivity contribution in [1.29, 1.82) is 0 Å². The molecule has 0 aliphatic heterocycles. The third-order valence-electron chi connectivity index (χ3n) is 4.69. The number of hydrogen-bond acceptors (Lipinski definition) is 1. The number of hydrogen-bond donors (Lipinski definition) is 1. The number of fused-ring (bicyclic) bond motifs is 1. The minimum Gasteiger partial charge on any atom is -0.319 e. The lowest BCUT2D eigenvalue weighted by Crippen LogP contribution is -2.41. The molecule has 0 heterocycles. The topological polar surface area (TPSA) is 12.0 Å². The normalized spacial score (nSPS) is 31.8. The molecule has 2 aliphatic carbocycles. The number of nitrogens with one attached hydrogen (secondary N) is 1. The molecule has 2 heteroatoms. The van der Waals surface area contributed by atoms with Gasteiger partial charge in [-0.25, -0.2) is 0 Å². The van der Waals surface area contributed by atoms with Crippen molar-refractivity contribution in [3.8, 4) is 0 Å². The van der Waals surface area contributed by atoms with E-state index in [1.54, 1.807) is 5.57 Å². The molecule has 0 aromatic heterocycles. The van der Waals surface area contributed by atoms with Crippen molar-refractivity contribution >= 4 is 12.4 Å². The molecule has 1 saturated carbocycles. The lowest BCUT2D eigenvalue weighted by atomic mass is 9.61. The van der Waals surface area contributed by atoms with Crippen LogP contribution >= 0.6 is 12.4 Å². The third-order valence-corrected chi connectivity index (χ3v) is 4.69. The van der Waals surface area contributed by atoms with Crippen LogP contribution in [0.5, 0.6) is 0 Å². The van der Waals surface area contributed by atoms with Crippen LogP contribution in [0.4, 0.5) is 0 Å². The molecule has 1 fully saturated rings. The molecule has 0 aromatic rings. The second-order valence-electron chi connectivity index (χ2n) is 5.87. The van der Waals surface area contributed by atoms with Crippen LogP contribution in [0.3, 0.4) is 0 Å². The fraction of sp³-hybridized carbons (Fsp3) is 0.733. The molecule has 1 nitrogen and oxygen atoms in total. The van der Waals surface area contributed by atoms with Crippen LogP contribution in [0.2, 0.25) is 0 Å². The Morgan fingerprint density at radius 3 is 2.88 bits per heavy atom. The van der Waals surface area contributed by atoms with Gasteiger partial charge in [-0.05, 0) is 50.0 Å². The van der Waals surface area contributed by atoms with Gasteiger partial charge in [0, 0.05) is 6.54 Å². The molecule has 2 atom stereocenters. The monoisotopic (exact) mass is 255 g/mol. The lowest BCUT2D eigenvalue weighted by Gasteiger charge is -2.45. The summed E-state index contributed by atoms with van der Waals surface area (Å²) in [5.74, 6) is 1.63. The van der Waals surface area contributed by atoms with E-state index in [9.17, 15) is 0 Å². The SMILES string of the molecule is CNCC1(C(C)C)CCC2CC=CC=C2C1.Cl. The Kier molecular flexibility index (Phi) is 5.27. The first-order valence-electron chi connectivity index (χ1n) is 6.68. The smallest absolute Gasteiger partial charge is 0.00103 e. The van der Waals surface area contributed by atoms with Crippen LogP contribution in [0.1, 0.15) is 39.5 Å². The van der Waals surface area contributed by atoms with E-state index in [0.29, 0.717) is 5.41 Å². The molecule has 0 radical (unpaired) electrons. The Morgan fingerprint density at radius 2 is 2.24 bits per heavy atom. The highest BCUT2D eigenvalue weighted by atomic mass is 35.5. The van der Waals surface area contributed by atoms with Gasteiger partial charge >= 0.3 is 0 Å². The Hall–Kier alpha value is -0.270. The zero-order valence-corrected chi connectivity index (χ0v) is 12.1. The zero-order valence-electron chi connectivity index (χ0n) is 11.3. The zero-order chi connectivity index (χ0) is 11.6. The van der Waals surface area contributed by atoms with Crippen molar-refractivity contribution in [2.24, 2.45) is 17.3 Å². The number of allylic oxidation sites excluding steroid dienone is 4. The molecule has 2 aliphatic rings. The first-order chi connectivity index (χ1) is 7.68. The van der Waals surface area contributed by atoms with E-state index in [0.717, 1.165) is 11.8 Å². The van der Waals surface area contributed by atoms with E-state index in [2.05, 4.69) is 44.4 Å². The lowest BCUT2D eigenvalue weighted by molar-refractivity contribution is 0.126. The maximum absolute atomic E-state index is 3.41. The Morgan fingerprint density at radius 1 is 1.47 bits per heavy atom. The Bertz CT molecular complexity index is 306. The third kappa shape index (κ3) is 2.95. The number of rotatable bonds is 3. The number of halogens is 1. The summed E-state index contributed by atoms with van der Waals surface area (Å²) in [6.45, 7) is 5.94. The van der Waals surface area contributed by atoms with Gasteiger partial charge < -0.3 is 5.32 Å². The minimum absolute atomic E-state index is 0. The van der Waals surface area contributed by atoms with Crippen LogP contribution in [-0.2, 0) is 0 Å². The van der Waals surface area contributed by atoms with E-state index < -0.39 is 0 Å². The van der Waals surface area contributed by atoms with Crippen molar-refractivity contribution < 1.29 is 0 Å². The van der Waals surface area contributed by atoms with Gasteiger partial charge in [0.25, 0.3) is 0 Å². The summed E-state index contributed by atoms with van der Waals surface area (Å²) in [6, 6.07) is 0. The summed E-state index contributed by atoms with van der Waals surface area (Å²) >= 11 is 0. The predicted molar refractivity (Wildman–Crippen MR) is 77.6 cm³/mol. The van der Waals surface area contributed by atoms with Crippen LogP contribution < -0.4 is 5.32 Å². The van der Waals surface area contributed by atoms with Crippen LogP contribution in [-0.4, -0.2) is 13.6 Å².